The Labute approximate surface area is 216 Å². The van der Waals surface area contributed by atoms with Crippen LogP contribution >= 0.6 is 0 Å². The van der Waals surface area contributed by atoms with Gasteiger partial charge in [-0.1, -0.05) is 32.1 Å². The van der Waals surface area contributed by atoms with Crippen molar-refractivity contribution in [2.75, 3.05) is 13.2 Å². The maximum Gasteiger partial charge on any atom is 0.432 e. The fraction of sp³-hybridized carbons (Fsp3) is 0.571. The quantitative estimate of drug-likeness (QED) is 0.259. The first-order valence-corrected chi connectivity index (χ1v) is 13.0. The van der Waals surface area contributed by atoms with E-state index in [1.165, 1.54) is 38.5 Å². The molecule has 0 amide bonds. The van der Waals surface area contributed by atoms with Gasteiger partial charge in [0.1, 0.15) is 22.9 Å². The highest BCUT2D eigenvalue weighted by Gasteiger charge is 2.42. The lowest BCUT2D eigenvalue weighted by Gasteiger charge is -2.39. The van der Waals surface area contributed by atoms with Crippen molar-refractivity contribution in [2.45, 2.75) is 63.8 Å². The summed E-state index contributed by atoms with van der Waals surface area (Å²) in [6.07, 6.45) is 4.15. The number of halogens is 7. The van der Waals surface area contributed by atoms with Crippen LogP contribution in [0.1, 0.15) is 68.8 Å². The normalized spacial score (nSPS) is 26.7. The minimum absolute atomic E-state index is 0.124. The molecule has 1 saturated heterocycles. The van der Waals surface area contributed by atoms with Crippen molar-refractivity contribution in [3.63, 3.8) is 0 Å². The van der Waals surface area contributed by atoms with Crippen molar-refractivity contribution in [3.05, 3.63) is 64.5 Å². The zero-order valence-corrected chi connectivity index (χ0v) is 20.6. The van der Waals surface area contributed by atoms with Gasteiger partial charge in [0.25, 0.3) is 0 Å². The smallest absolute Gasteiger partial charge is 0.429 e. The molecule has 2 aliphatic carbocycles. The topological polar surface area (TPSA) is 27.7 Å². The summed E-state index contributed by atoms with van der Waals surface area (Å²) >= 11 is 0. The summed E-state index contributed by atoms with van der Waals surface area (Å²) in [7, 11) is 0. The number of hydrogen-bond acceptors (Lipinski definition) is 3. The molecule has 10 heteroatoms. The van der Waals surface area contributed by atoms with Crippen LogP contribution in [-0.4, -0.2) is 13.2 Å². The van der Waals surface area contributed by atoms with Gasteiger partial charge in [-0.15, -0.1) is 0 Å². The third-order valence-corrected chi connectivity index (χ3v) is 8.20. The number of ether oxygens (including phenoxy) is 3. The van der Waals surface area contributed by atoms with Crippen LogP contribution < -0.4 is 4.74 Å². The van der Waals surface area contributed by atoms with Crippen LogP contribution in [-0.2, 0) is 15.6 Å². The van der Waals surface area contributed by atoms with Crippen molar-refractivity contribution in [3.8, 4) is 5.75 Å². The summed E-state index contributed by atoms with van der Waals surface area (Å²) in [5.74, 6) is -7.67. The lowest BCUT2D eigenvalue weighted by molar-refractivity contribution is -0.215. The first kappa shape index (κ1) is 27.2. The highest BCUT2D eigenvalue weighted by Crippen LogP contribution is 2.43. The molecule has 38 heavy (non-hydrogen) atoms. The number of hydrogen-bond donors (Lipinski definition) is 0. The second-order valence-corrected chi connectivity index (χ2v) is 10.8. The molecule has 0 aromatic heterocycles. The second kappa shape index (κ2) is 11.0. The molecule has 0 atom stereocenters. The zero-order chi connectivity index (χ0) is 27.0. The molecular weight excluding hydrogens is 517 g/mol. The molecule has 3 fully saturated rings. The number of benzene rings is 2. The molecule has 3 aliphatic rings. The number of alkyl halides is 2. The molecule has 0 spiro atoms. The van der Waals surface area contributed by atoms with Crippen molar-refractivity contribution in [1.29, 1.82) is 0 Å². The Hall–Kier alpha value is -2.33. The Morgan fingerprint density at radius 1 is 0.711 bits per heavy atom. The van der Waals surface area contributed by atoms with Crippen LogP contribution in [0, 0.1) is 52.8 Å². The highest BCUT2D eigenvalue weighted by molar-refractivity contribution is 5.32. The first-order chi connectivity index (χ1) is 18.1. The van der Waals surface area contributed by atoms with Crippen LogP contribution in [0.5, 0.6) is 5.75 Å². The maximum absolute atomic E-state index is 14.7. The van der Waals surface area contributed by atoms with Gasteiger partial charge in [-0.2, -0.15) is 8.78 Å². The molecule has 2 aromatic carbocycles. The molecule has 208 valence electrons. The van der Waals surface area contributed by atoms with E-state index in [4.69, 9.17) is 9.47 Å². The Bertz CT molecular complexity index is 1090. The van der Waals surface area contributed by atoms with E-state index in [-0.39, 0.29) is 23.6 Å². The van der Waals surface area contributed by atoms with E-state index in [0.717, 1.165) is 24.7 Å². The van der Waals surface area contributed by atoms with Gasteiger partial charge in [0.05, 0.1) is 13.2 Å². The van der Waals surface area contributed by atoms with Crippen LogP contribution in [0.15, 0.2) is 24.3 Å². The maximum atomic E-state index is 14.7. The monoisotopic (exact) mass is 546 g/mol. The highest BCUT2D eigenvalue weighted by atomic mass is 19.3. The molecule has 0 N–H and O–H groups in total. The fourth-order valence-electron chi connectivity index (χ4n) is 5.88. The zero-order valence-electron chi connectivity index (χ0n) is 20.6. The third kappa shape index (κ3) is 5.81. The van der Waals surface area contributed by atoms with Gasteiger partial charge in [-0.3, -0.25) is 0 Å². The standard InChI is InChI=1S/C28H29F7O3/c29-21-9-18(10-22(30)25(21)28(34,35)38-20-11-23(31)26(33)24(32)12-20)27-36-13-19(14-37-27)17-6-4-16(5-7-17)8-15-2-1-3-15/h9-12,15-17,19,27H,1-8,13-14H2. The predicted octanol–water partition coefficient (Wildman–Crippen LogP) is 8.17. The molecule has 2 aromatic rings. The van der Waals surface area contributed by atoms with Crippen LogP contribution in [0.4, 0.5) is 30.7 Å². The van der Waals surface area contributed by atoms with Crippen LogP contribution in [0.3, 0.4) is 0 Å². The third-order valence-electron chi connectivity index (χ3n) is 8.20. The van der Waals surface area contributed by atoms with Crippen LogP contribution in [0.2, 0.25) is 0 Å². The summed E-state index contributed by atoms with van der Waals surface area (Å²) < 4.78 is 114. The Balaban J connectivity index is 1.19. The van der Waals surface area contributed by atoms with E-state index in [1.807, 2.05) is 0 Å². The van der Waals surface area contributed by atoms with Crippen molar-refractivity contribution < 1.29 is 44.9 Å². The van der Waals surface area contributed by atoms with E-state index in [9.17, 15) is 30.7 Å². The van der Waals surface area contributed by atoms with E-state index in [1.54, 1.807) is 0 Å². The van der Waals surface area contributed by atoms with Crippen molar-refractivity contribution >= 4 is 0 Å². The minimum atomic E-state index is -4.65. The molecule has 2 saturated carbocycles. The fourth-order valence-corrected chi connectivity index (χ4v) is 5.88. The minimum Gasteiger partial charge on any atom is -0.429 e. The largest absolute Gasteiger partial charge is 0.432 e. The summed E-state index contributed by atoms with van der Waals surface area (Å²) in [6, 6.07) is 1.60. The number of rotatable bonds is 7. The average Bonchev–Trinajstić information content (AvgIpc) is 2.84. The van der Waals surface area contributed by atoms with Gasteiger partial charge in [0.2, 0.25) is 0 Å². The van der Waals surface area contributed by atoms with E-state index in [2.05, 4.69) is 4.74 Å². The molecular formula is C28H29F7O3. The molecule has 0 unspecified atom stereocenters. The predicted molar refractivity (Wildman–Crippen MR) is 123 cm³/mol. The van der Waals surface area contributed by atoms with Crippen molar-refractivity contribution in [2.24, 2.45) is 23.7 Å². The molecule has 0 bridgehead atoms. The molecule has 5 rings (SSSR count). The van der Waals surface area contributed by atoms with Gasteiger partial charge >= 0.3 is 6.11 Å². The Morgan fingerprint density at radius 3 is 1.79 bits per heavy atom. The molecule has 1 aliphatic heterocycles. The van der Waals surface area contributed by atoms with Gasteiger partial charge in [-0.05, 0) is 49.1 Å². The molecule has 3 nitrogen and oxygen atoms in total. The summed E-state index contributed by atoms with van der Waals surface area (Å²) in [6.45, 7) is 0.656. The summed E-state index contributed by atoms with van der Waals surface area (Å²) in [5, 5.41) is 0. The van der Waals surface area contributed by atoms with Crippen molar-refractivity contribution in [1.82, 2.24) is 0 Å². The van der Waals surface area contributed by atoms with Gasteiger partial charge in [0.15, 0.2) is 23.7 Å². The lowest BCUT2D eigenvalue weighted by Crippen LogP contribution is -2.34. The Kier molecular flexibility index (Phi) is 7.91. The summed E-state index contributed by atoms with van der Waals surface area (Å²) in [4.78, 5) is 0. The van der Waals surface area contributed by atoms with Gasteiger partial charge in [-0.25, -0.2) is 22.0 Å². The molecule has 1 heterocycles. The molecule has 0 radical (unpaired) electrons. The average molecular weight is 547 g/mol. The lowest BCUT2D eigenvalue weighted by atomic mass is 9.70. The first-order valence-electron chi connectivity index (χ1n) is 13.0. The van der Waals surface area contributed by atoms with Gasteiger partial charge in [0, 0.05) is 23.6 Å². The van der Waals surface area contributed by atoms with Gasteiger partial charge < -0.3 is 14.2 Å². The van der Waals surface area contributed by atoms with E-state index in [0.29, 0.717) is 31.3 Å². The van der Waals surface area contributed by atoms with E-state index < -0.39 is 52.8 Å². The van der Waals surface area contributed by atoms with E-state index >= 15 is 0 Å². The Morgan fingerprint density at radius 2 is 1.26 bits per heavy atom. The second-order valence-electron chi connectivity index (χ2n) is 10.8. The van der Waals surface area contributed by atoms with Crippen LogP contribution in [0.25, 0.3) is 0 Å². The SMILES string of the molecule is Fc1cc(OC(F)(F)c2c(F)cc(C3OCC(C4CCC(CC5CCC5)CC4)CO3)cc2F)cc(F)c1F. The summed E-state index contributed by atoms with van der Waals surface area (Å²) in [5.41, 5.74) is -1.89.